The summed E-state index contributed by atoms with van der Waals surface area (Å²) in [5, 5.41) is 2.81. The number of hydrogen-bond acceptors (Lipinski definition) is 2. The fraction of sp³-hybridized carbons (Fsp3) is 0.143. The number of hydrogen-bond donors (Lipinski definition) is 1. The first-order valence-corrected chi connectivity index (χ1v) is 8.16. The van der Waals surface area contributed by atoms with Crippen LogP contribution in [0.25, 0.3) is 0 Å². The molecule has 0 unspecified atom stereocenters. The van der Waals surface area contributed by atoms with E-state index in [2.05, 4.69) is 5.32 Å². The molecule has 0 fully saturated rings. The minimum atomic E-state index is -0.393. The van der Waals surface area contributed by atoms with Gasteiger partial charge in [-0.1, -0.05) is 36.4 Å². The number of carbonyl (C=O) groups is 1. The third kappa shape index (κ3) is 3.86. The summed E-state index contributed by atoms with van der Waals surface area (Å²) in [7, 11) is 0. The van der Waals surface area contributed by atoms with Crippen LogP contribution in [0, 0.1) is 13.8 Å². The molecule has 0 saturated carbocycles. The molecule has 0 aliphatic heterocycles. The first-order chi connectivity index (χ1) is 12.0. The molecule has 0 spiro atoms. The Bertz CT molecular complexity index is 959. The summed E-state index contributed by atoms with van der Waals surface area (Å²) >= 11 is 0. The van der Waals surface area contributed by atoms with Crippen molar-refractivity contribution >= 4 is 11.6 Å². The van der Waals surface area contributed by atoms with Gasteiger partial charge in [-0.3, -0.25) is 9.59 Å². The Morgan fingerprint density at radius 1 is 0.960 bits per heavy atom. The van der Waals surface area contributed by atoms with Crippen molar-refractivity contribution in [1.29, 1.82) is 0 Å². The summed E-state index contributed by atoms with van der Waals surface area (Å²) in [5.41, 5.74) is 3.78. The second kappa shape index (κ2) is 7.18. The van der Waals surface area contributed by atoms with Gasteiger partial charge in [0.25, 0.3) is 11.5 Å². The van der Waals surface area contributed by atoms with Crippen LogP contribution in [0.4, 0.5) is 5.69 Å². The van der Waals surface area contributed by atoms with Gasteiger partial charge in [-0.2, -0.15) is 0 Å². The van der Waals surface area contributed by atoms with Crippen LogP contribution in [0.1, 0.15) is 27.0 Å². The predicted octanol–water partition coefficient (Wildman–Crippen LogP) is 3.77. The van der Waals surface area contributed by atoms with E-state index in [1.807, 2.05) is 62.4 Å². The quantitative estimate of drug-likeness (QED) is 0.791. The number of nitrogens with one attached hydrogen (secondary N) is 1. The lowest BCUT2D eigenvalue weighted by Gasteiger charge is -2.10. The number of pyridine rings is 1. The Hall–Kier alpha value is -3.14. The summed E-state index contributed by atoms with van der Waals surface area (Å²) in [6.07, 6.45) is 1.70. The first kappa shape index (κ1) is 16.7. The standard InChI is InChI=1S/C21H20N2O2/c1-15-10-11-18(13-16(15)2)22-20(24)19-9-6-12-23(21(19)25)14-17-7-4-3-5-8-17/h3-13H,14H2,1-2H3,(H,22,24). The van der Waals surface area contributed by atoms with Gasteiger partial charge in [-0.15, -0.1) is 0 Å². The maximum atomic E-state index is 12.6. The average Bonchev–Trinajstić information content (AvgIpc) is 2.61. The van der Waals surface area contributed by atoms with Gasteiger partial charge in [0.15, 0.2) is 0 Å². The highest BCUT2D eigenvalue weighted by molar-refractivity contribution is 6.04. The van der Waals surface area contributed by atoms with Crippen molar-refractivity contribution < 1.29 is 4.79 Å². The van der Waals surface area contributed by atoms with Gasteiger partial charge in [0.2, 0.25) is 0 Å². The molecule has 1 heterocycles. The van der Waals surface area contributed by atoms with Crippen molar-refractivity contribution in [3.63, 3.8) is 0 Å². The third-order valence-electron chi connectivity index (χ3n) is 4.23. The first-order valence-electron chi connectivity index (χ1n) is 8.16. The van der Waals surface area contributed by atoms with Crippen LogP contribution >= 0.6 is 0 Å². The number of amides is 1. The van der Waals surface area contributed by atoms with Crippen molar-refractivity contribution in [1.82, 2.24) is 4.57 Å². The number of anilines is 1. The van der Waals surface area contributed by atoms with Crippen LogP contribution in [0.2, 0.25) is 0 Å². The van der Waals surface area contributed by atoms with Crippen molar-refractivity contribution in [2.45, 2.75) is 20.4 Å². The largest absolute Gasteiger partial charge is 0.322 e. The molecule has 3 aromatic rings. The Morgan fingerprint density at radius 3 is 2.44 bits per heavy atom. The van der Waals surface area contributed by atoms with Gasteiger partial charge in [0.05, 0.1) is 6.54 Å². The summed E-state index contributed by atoms with van der Waals surface area (Å²) < 4.78 is 1.55. The fourth-order valence-electron chi connectivity index (χ4n) is 2.63. The third-order valence-corrected chi connectivity index (χ3v) is 4.23. The van der Waals surface area contributed by atoms with E-state index >= 15 is 0 Å². The number of carbonyl (C=O) groups excluding carboxylic acids is 1. The molecule has 1 amide bonds. The molecule has 126 valence electrons. The molecule has 0 bridgehead atoms. The van der Waals surface area contributed by atoms with Crippen molar-refractivity contribution in [3.8, 4) is 0 Å². The van der Waals surface area contributed by atoms with Crippen LogP contribution in [0.5, 0.6) is 0 Å². The summed E-state index contributed by atoms with van der Waals surface area (Å²) in [6, 6.07) is 18.7. The van der Waals surface area contributed by atoms with Crippen LogP contribution in [-0.4, -0.2) is 10.5 Å². The maximum Gasteiger partial charge on any atom is 0.263 e. The Labute approximate surface area is 146 Å². The van der Waals surface area contributed by atoms with E-state index in [4.69, 9.17) is 0 Å². The normalized spacial score (nSPS) is 10.5. The number of benzene rings is 2. The zero-order valence-electron chi connectivity index (χ0n) is 14.3. The summed E-state index contributed by atoms with van der Waals surface area (Å²) in [6.45, 7) is 4.44. The van der Waals surface area contributed by atoms with Gasteiger partial charge < -0.3 is 9.88 Å². The highest BCUT2D eigenvalue weighted by atomic mass is 16.2. The number of nitrogens with zero attached hydrogens (tertiary/aromatic N) is 1. The smallest absolute Gasteiger partial charge is 0.263 e. The molecular weight excluding hydrogens is 312 g/mol. The number of aromatic nitrogens is 1. The molecule has 4 heteroatoms. The minimum Gasteiger partial charge on any atom is -0.322 e. The number of aryl methyl sites for hydroxylation is 2. The Balaban J connectivity index is 1.84. The molecular formula is C21H20N2O2. The van der Waals surface area contributed by atoms with Gasteiger partial charge in [-0.05, 0) is 54.8 Å². The van der Waals surface area contributed by atoms with Crippen LogP contribution in [0.3, 0.4) is 0 Å². The minimum absolute atomic E-state index is 0.136. The lowest BCUT2D eigenvalue weighted by molar-refractivity contribution is 0.102. The second-order valence-corrected chi connectivity index (χ2v) is 6.09. The molecule has 25 heavy (non-hydrogen) atoms. The molecule has 1 N–H and O–H groups in total. The summed E-state index contributed by atoms with van der Waals surface area (Å²) in [4.78, 5) is 25.1. The Kier molecular flexibility index (Phi) is 4.80. The second-order valence-electron chi connectivity index (χ2n) is 6.09. The van der Waals surface area contributed by atoms with Crippen molar-refractivity contribution in [2.24, 2.45) is 0 Å². The van der Waals surface area contributed by atoms with Crippen molar-refractivity contribution in [3.05, 3.63) is 99.5 Å². The zero-order valence-corrected chi connectivity index (χ0v) is 14.3. The average molecular weight is 332 g/mol. The molecule has 0 aliphatic carbocycles. The van der Waals surface area contributed by atoms with E-state index in [0.717, 1.165) is 16.7 Å². The van der Waals surface area contributed by atoms with Crippen LogP contribution in [0.15, 0.2) is 71.7 Å². The summed E-state index contributed by atoms with van der Waals surface area (Å²) in [5.74, 6) is -0.393. The van der Waals surface area contributed by atoms with Gasteiger partial charge in [0, 0.05) is 11.9 Å². The van der Waals surface area contributed by atoms with E-state index in [0.29, 0.717) is 12.2 Å². The zero-order chi connectivity index (χ0) is 17.8. The highest BCUT2D eigenvalue weighted by Crippen LogP contribution is 2.14. The van der Waals surface area contributed by atoms with Gasteiger partial charge in [0.1, 0.15) is 5.56 Å². The lowest BCUT2D eigenvalue weighted by Crippen LogP contribution is -2.29. The van der Waals surface area contributed by atoms with Crippen molar-refractivity contribution in [2.75, 3.05) is 5.32 Å². The van der Waals surface area contributed by atoms with Crippen LogP contribution < -0.4 is 10.9 Å². The lowest BCUT2D eigenvalue weighted by atomic mass is 10.1. The Morgan fingerprint density at radius 2 is 1.72 bits per heavy atom. The topological polar surface area (TPSA) is 51.1 Å². The molecule has 2 aromatic carbocycles. The van der Waals surface area contributed by atoms with E-state index < -0.39 is 5.91 Å². The molecule has 4 nitrogen and oxygen atoms in total. The SMILES string of the molecule is Cc1ccc(NC(=O)c2cccn(Cc3ccccc3)c2=O)cc1C. The fourth-order valence-corrected chi connectivity index (χ4v) is 2.63. The molecule has 0 atom stereocenters. The number of rotatable bonds is 4. The molecule has 0 saturated heterocycles. The molecule has 0 aliphatic rings. The van der Waals surface area contributed by atoms with Gasteiger partial charge in [-0.25, -0.2) is 0 Å². The van der Waals surface area contributed by atoms with E-state index in [1.54, 1.807) is 22.9 Å². The highest BCUT2D eigenvalue weighted by Gasteiger charge is 2.13. The predicted molar refractivity (Wildman–Crippen MR) is 100 cm³/mol. The van der Waals surface area contributed by atoms with E-state index in [9.17, 15) is 9.59 Å². The molecule has 3 rings (SSSR count). The molecule has 1 aromatic heterocycles. The molecule has 0 radical (unpaired) electrons. The van der Waals surface area contributed by atoms with E-state index in [-0.39, 0.29) is 11.1 Å². The van der Waals surface area contributed by atoms with Crippen LogP contribution in [-0.2, 0) is 6.54 Å². The van der Waals surface area contributed by atoms with Gasteiger partial charge >= 0.3 is 0 Å². The maximum absolute atomic E-state index is 12.6. The van der Waals surface area contributed by atoms with E-state index in [1.165, 1.54) is 0 Å². The monoisotopic (exact) mass is 332 g/mol.